The molecule has 2 N–H and O–H groups in total. The predicted octanol–water partition coefficient (Wildman–Crippen LogP) is 9.06. The molecule has 0 heterocycles. The number of hydrogen-bond donors (Lipinski definition) is 2. The lowest BCUT2D eigenvalue weighted by molar-refractivity contribution is -0.161. The minimum absolute atomic E-state index is 0.193. The SMILES string of the molecule is CC/C=C\C/C=C\C/C=C\CCCCCCCC(=O)O[C@H](COC(=O)CCCCCCCCCCC)COP(=O)(O)O. The zero-order valence-electron chi connectivity index (χ0n) is 26.4. The van der Waals surface area contributed by atoms with Crippen LogP contribution in [0.15, 0.2) is 36.5 Å². The van der Waals surface area contributed by atoms with Crippen LogP contribution in [0, 0.1) is 0 Å². The molecule has 0 aliphatic carbocycles. The first kappa shape index (κ1) is 40.3. The molecule has 0 aromatic rings. The highest BCUT2D eigenvalue weighted by Crippen LogP contribution is 2.35. The number of phosphoric acid groups is 1. The highest BCUT2D eigenvalue weighted by molar-refractivity contribution is 7.46. The molecule has 1 atom stereocenters. The number of ether oxygens (including phenoxy) is 2. The Morgan fingerprint density at radius 3 is 1.71 bits per heavy atom. The number of esters is 2. The number of phosphoric ester groups is 1. The largest absolute Gasteiger partial charge is 0.469 e. The van der Waals surface area contributed by atoms with Crippen LogP contribution < -0.4 is 0 Å². The van der Waals surface area contributed by atoms with Crippen molar-refractivity contribution >= 4 is 19.8 Å². The summed E-state index contributed by atoms with van der Waals surface area (Å²) in [6, 6.07) is 0. The monoisotopic (exact) mass is 614 g/mol. The molecule has 0 radical (unpaired) electrons. The average Bonchev–Trinajstić information content (AvgIpc) is 2.95. The summed E-state index contributed by atoms with van der Waals surface area (Å²) >= 11 is 0. The van der Waals surface area contributed by atoms with Gasteiger partial charge in [0.2, 0.25) is 0 Å². The topological polar surface area (TPSA) is 119 Å². The van der Waals surface area contributed by atoms with Crippen molar-refractivity contribution < 1.29 is 37.9 Å². The molecular formula is C33H59O8P. The molecule has 8 nitrogen and oxygen atoms in total. The van der Waals surface area contributed by atoms with E-state index in [1.54, 1.807) is 0 Å². The van der Waals surface area contributed by atoms with Gasteiger partial charge in [-0.25, -0.2) is 4.57 Å². The molecule has 0 aliphatic heterocycles. The minimum atomic E-state index is -4.74. The van der Waals surface area contributed by atoms with Crippen molar-refractivity contribution in [2.75, 3.05) is 13.2 Å². The van der Waals surface area contributed by atoms with Gasteiger partial charge in [-0.15, -0.1) is 0 Å². The third-order valence-corrected chi connectivity index (χ3v) is 7.16. The number of carbonyl (C=O) groups is 2. The van der Waals surface area contributed by atoms with E-state index >= 15 is 0 Å². The molecule has 0 aromatic carbocycles. The van der Waals surface area contributed by atoms with Crippen LogP contribution in [0.3, 0.4) is 0 Å². The lowest BCUT2D eigenvalue weighted by Crippen LogP contribution is -2.29. The van der Waals surface area contributed by atoms with E-state index < -0.39 is 32.5 Å². The fraction of sp³-hybridized carbons (Fsp3) is 0.758. The van der Waals surface area contributed by atoms with Gasteiger partial charge in [0.05, 0.1) is 6.61 Å². The van der Waals surface area contributed by atoms with Crippen molar-refractivity contribution in [3.05, 3.63) is 36.5 Å². The van der Waals surface area contributed by atoms with Crippen molar-refractivity contribution in [1.29, 1.82) is 0 Å². The van der Waals surface area contributed by atoms with Crippen LogP contribution >= 0.6 is 7.82 Å². The van der Waals surface area contributed by atoms with Gasteiger partial charge in [-0.3, -0.25) is 14.1 Å². The Kier molecular flexibility index (Phi) is 28.1. The van der Waals surface area contributed by atoms with Gasteiger partial charge in [-0.2, -0.15) is 0 Å². The Morgan fingerprint density at radius 2 is 1.14 bits per heavy atom. The Balaban J connectivity index is 4.06. The zero-order chi connectivity index (χ0) is 31.2. The van der Waals surface area contributed by atoms with Gasteiger partial charge in [0.15, 0.2) is 6.10 Å². The van der Waals surface area contributed by atoms with Gasteiger partial charge in [-0.05, 0) is 44.9 Å². The molecule has 0 spiro atoms. The molecule has 0 fully saturated rings. The van der Waals surface area contributed by atoms with E-state index in [9.17, 15) is 14.2 Å². The second-order valence-corrected chi connectivity index (χ2v) is 12.0. The van der Waals surface area contributed by atoms with Gasteiger partial charge in [0, 0.05) is 12.8 Å². The molecule has 9 heteroatoms. The van der Waals surface area contributed by atoms with Gasteiger partial charge in [0.1, 0.15) is 6.61 Å². The van der Waals surface area contributed by atoms with E-state index in [0.29, 0.717) is 6.42 Å². The van der Waals surface area contributed by atoms with Gasteiger partial charge >= 0.3 is 19.8 Å². The number of allylic oxidation sites excluding steroid dienone is 6. The minimum Gasteiger partial charge on any atom is -0.462 e. The van der Waals surface area contributed by atoms with Crippen LogP contribution in [0.2, 0.25) is 0 Å². The van der Waals surface area contributed by atoms with Crippen LogP contribution in [-0.2, 0) is 28.2 Å². The van der Waals surface area contributed by atoms with Crippen molar-refractivity contribution in [2.45, 2.75) is 148 Å². The summed E-state index contributed by atoms with van der Waals surface area (Å²) in [5.41, 5.74) is 0. The van der Waals surface area contributed by atoms with Gasteiger partial charge < -0.3 is 19.3 Å². The van der Waals surface area contributed by atoms with Gasteiger partial charge in [0.25, 0.3) is 0 Å². The van der Waals surface area contributed by atoms with Crippen LogP contribution in [0.5, 0.6) is 0 Å². The highest BCUT2D eigenvalue weighted by Gasteiger charge is 2.22. The van der Waals surface area contributed by atoms with Crippen molar-refractivity contribution in [3.8, 4) is 0 Å². The molecule has 0 unspecified atom stereocenters. The third kappa shape index (κ3) is 31.2. The van der Waals surface area contributed by atoms with E-state index in [1.165, 1.54) is 38.5 Å². The van der Waals surface area contributed by atoms with Crippen molar-refractivity contribution in [2.24, 2.45) is 0 Å². The second-order valence-electron chi connectivity index (χ2n) is 10.8. The molecule has 0 amide bonds. The summed E-state index contributed by atoms with van der Waals surface area (Å²) in [6.07, 6.45) is 31.6. The van der Waals surface area contributed by atoms with Gasteiger partial charge in [-0.1, -0.05) is 121 Å². The molecule has 0 aromatic heterocycles. The smallest absolute Gasteiger partial charge is 0.462 e. The molecule has 0 aliphatic rings. The number of carbonyl (C=O) groups excluding carboxylic acids is 2. The third-order valence-electron chi connectivity index (χ3n) is 6.67. The predicted molar refractivity (Wildman–Crippen MR) is 170 cm³/mol. The zero-order valence-corrected chi connectivity index (χ0v) is 27.3. The van der Waals surface area contributed by atoms with Crippen molar-refractivity contribution in [3.63, 3.8) is 0 Å². The van der Waals surface area contributed by atoms with E-state index in [-0.39, 0.29) is 19.4 Å². The molecular weight excluding hydrogens is 555 g/mol. The van der Waals surface area contributed by atoms with E-state index in [2.05, 4.69) is 54.8 Å². The summed E-state index contributed by atoms with van der Waals surface area (Å²) in [4.78, 5) is 42.4. The molecule has 0 saturated heterocycles. The summed E-state index contributed by atoms with van der Waals surface area (Å²) < 4.78 is 26.1. The molecule has 0 bridgehead atoms. The fourth-order valence-electron chi connectivity index (χ4n) is 4.27. The van der Waals surface area contributed by atoms with E-state index in [4.69, 9.17) is 19.3 Å². The molecule has 42 heavy (non-hydrogen) atoms. The standard InChI is InChI=1S/C33H59O8P/c1-3-5-7-9-11-13-14-15-16-17-18-20-22-24-26-28-33(35)41-31(30-40-42(36,37)38)29-39-32(34)27-25-23-21-19-12-10-8-6-4-2/h5,7,11,13,15-16,31H,3-4,6,8-10,12,14,17-30H2,1-2H3,(H2,36,37,38)/b7-5-,13-11-,16-15-/t31-/m1/s1. The normalized spacial score (nSPS) is 13.0. The van der Waals surface area contributed by atoms with Crippen LogP contribution in [0.25, 0.3) is 0 Å². The second kappa shape index (κ2) is 29.3. The number of unbranched alkanes of at least 4 members (excludes halogenated alkanes) is 13. The molecule has 0 rings (SSSR count). The van der Waals surface area contributed by atoms with Crippen LogP contribution in [0.1, 0.15) is 142 Å². The number of hydrogen-bond acceptors (Lipinski definition) is 6. The highest BCUT2D eigenvalue weighted by atomic mass is 31.2. The fourth-order valence-corrected chi connectivity index (χ4v) is 4.63. The van der Waals surface area contributed by atoms with E-state index in [0.717, 1.165) is 70.6 Å². The lowest BCUT2D eigenvalue weighted by Gasteiger charge is -2.18. The van der Waals surface area contributed by atoms with E-state index in [1.807, 2.05) is 0 Å². The molecule has 0 saturated carbocycles. The Hall–Kier alpha value is -1.73. The number of rotatable bonds is 29. The Labute approximate surface area is 255 Å². The maximum Gasteiger partial charge on any atom is 0.469 e. The first-order valence-corrected chi connectivity index (χ1v) is 17.8. The van der Waals surface area contributed by atoms with Crippen molar-refractivity contribution in [1.82, 2.24) is 0 Å². The van der Waals surface area contributed by atoms with Crippen LogP contribution in [0.4, 0.5) is 0 Å². The maximum atomic E-state index is 12.3. The average molecular weight is 615 g/mol. The summed E-state index contributed by atoms with van der Waals surface area (Å²) in [6.45, 7) is 3.50. The summed E-state index contributed by atoms with van der Waals surface area (Å²) in [5.74, 6) is -0.910. The first-order valence-electron chi connectivity index (χ1n) is 16.3. The molecule has 244 valence electrons. The summed E-state index contributed by atoms with van der Waals surface area (Å²) in [5, 5.41) is 0. The van der Waals surface area contributed by atoms with Crippen LogP contribution in [-0.4, -0.2) is 41.0 Å². The quantitative estimate of drug-likeness (QED) is 0.0371. The summed E-state index contributed by atoms with van der Waals surface area (Å²) in [7, 11) is -4.74. The lowest BCUT2D eigenvalue weighted by atomic mass is 10.1. The Morgan fingerprint density at radius 1 is 0.643 bits per heavy atom. The maximum absolute atomic E-state index is 12.3. The first-order chi connectivity index (χ1) is 20.3. The Bertz CT molecular complexity index is 787.